The van der Waals surface area contributed by atoms with E-state index in [1.807, 2.05) is 29.2 Å². The van der Waals surface area contributed by atoms with Crippen LogP contribution in [0.15, 0.2) is 24.3 Å². The Balaban J connectivity index is 2.04. The molecule has 0 aliphatic carbocycles. The van der Waals surface area contributed by atoms with Crippen LogP contribution in [0.25, 0.3) is 0 Å². The molecule has 4 heteroatoms. The van der Waals surface area contributed by atoms with Gasteiger partial charge in [-0.25, -0.2) is 0 Å². The molecule has 0 bridgehead atoms. The molecule has 1 aromatic rings. The van der Waals surface area contributed by atoms with Crippen LogP contribution in [0.1, 0.15) is 23.7 Å². The standard InChI is InChI=1S/C14H19NO3/c1-2-8-18-13-5-3-4-12(11-13)14(16)15-6-9-17-10-7-15/h3-5,11H,2,6-10H2,1H3. The Kier molecular flexibility index (Phi) is 4.59. The van der Waals surface area contributed by atoms with Gasteiger partial charge < -0.3 is 14.4 Å². The number of hydrogen-bond acceptors (Lipinski definition) is 3. The summed E-state index contributed by atoms with van der Waals surface area (Å²) in [6.07, 6.45) is 0.960. The molecule has 0 aromatic heterocycles. The van der Waals surface area contributed by atoms with Crippen molar-refractivity contribution < 1.29 is 14.3 Å². The molecular weight excluding hydrogens is 230 g/mol. The Labute approximate surface area is 107 Å². The lowest BCUT2D eigenvalue weighted by Gasteiger charge is -2.26. The van der Waals surface area contributed by atoms with Crippen LogP contribution in [0.3, 0.4) is 0 Å². The molecule has 0 spiro atoms. The molecule has 98 valence electrons. The second-order valence-electron chi connectivity index (χ2n) is 4.28. The Hall–Kier alpha value is -1.55. The van der Waals surface area contributed by atoms with E-state index in [1.165, 1.54) is 0 Å². The minimum absolute atomic E-state index is 0.0558. The van der Waals surface area contributed by atoms with Crippen LogP contribution in [-0.2, 0) is 4.74 Å². The lowest BCUT2D eigenvalue weighted by Crippen LogP contribution is -2.40. The Morgan fingerprint density at radius 3 is 2.89 bits per heavy atom. The van der Waals surface area contributed by atoms with Crippen LogP contribution < -0.4 is 4.74 Å². The van der Waals surface area contributed by atoms with Crippen LogP contribution in [0.4, 0.5) is 0 Å². The van der Waals surface area contributed by atoms with Crippen molar-refractivity contribution >= 4 is 5.91 Å². The van der Waals surface area contributed by atoms with Crippen LogP contribution >= 0.6 is 0 Å². The quantitative estimate of drug-likeness (QED) is 0.818. The Bertz CT molecular complexity index is 400. The smallest absolute Gasteiger partial charge is 0.254 e. The van der Waals surface area contributed by atoms with E-state index in [1.54, 1.807) is 0 Å². The van der Waals surface area contributed by atoms with Crippen molar-refractivity contribution in [3.63, 3.8) is 0 Å². The van der Waals surface area contributed by atoms with Gasteiger partial charge in [-0.2, -0.15) is 0 Å². The molecule has 1 aliphatic rings. The lowest BCUT2D eigenvalue weighted by atomic mass is 10.2. The molecule has 18 heavy (non-hydrogen) atoms. The van der Waals surface area contributed by atoms with E-state index in [-0.39, 0.29) is 5.91 Å². The van der Waals surface area contributed by atoms with Crippen molar-refractivity contribution in [1.29, 1.82) is 0 Å². The van der Waals surface area contributed by atoms with Crippen LogP contribution in [0.5, 0.6) is 5.75 Å². The molecule has 0 N–H and O–H groups in total. The molecule has 1 fully saturated rings. The minimum atomic E-state index is 0.0558. The third-order valence-corrected chi connectivity index (χ3v) is 2.85. The molecular formula is C14H19NO3. The van der Waals surface area contributed by atoms with E-state index >= 15 is 0 Å². The van der Waals surface area contributed by atoms with Crippen molar-refractivity contribution in [2.75, 3.05) is 32.9 Å². The molecule has 0 unspecified atom stereocenters. The molecule has 1 saturated heterocycles. The summed E-state index contributed by atoms with van der Waals surface area (Å²) < 4.78 is 10.8. The topological polar surface area (TPSA) is 38.8 Å². The fourth-order valence-electron chi connectivity index (χ4n) is 1.89. The first-order valence-corrected chi connectivity index (χ1v) is 6.41. The maximum atomic E-state index is 12.2. The van der Waals surface area contributed by atoms with Crippen LogP contribution in [0.2, 0.25) is 0 Å². The molecule has 0 saturated carbocycles. The molecule has 4 nitrogen and oxygen atoms in total. The summed E-state index contributed by atoms with van der Waals surface area (Å²) in [4.78, 5) is 14.1. The van der Waals surface area contributed by atoms with E-state index in [9.17, 15) is 4.79 Å². The maximum Gasteiger partial charge on any atom is 0.254 e. The van der Waals surface area contributed by atoms with Crippen LogP contribution in [-0.4, -0.2) is 43.7 Å². The van der Waals surface area contributed by atoms with Gasteiger partial charge in [-0.15, -0.1) is 0 Å². The van der Waals surface area contributed by atoms with Crippen molar-refractivity contribution in [2.24, 2.45) is 0 Å². The van der Waals surface area contributed by atoms with Crippen molar-refractivity contribution in [2.45, 2.75) is 13.3 Å². The van der Waals surface area contributed by atoms with Gasteiger partial charge in [0.15, 0.2) is 0 Å². The molecule has 1 heterocycles. The number of benzene rings is 1. The summed E-state index contributed by atoms with van der Waals surface area (Å²) in [6, 6.07) is 7.38. The SMILES string of the molecule is CCCOc1cccc(C(=O)N2CCOCC2)c1. The lowest BCUT2D eigenvalue weighted by molar-refractivity contribution is 0.0302. The van der Waals surface area contributed by atoms with Gasteiger partial charge in [-0.3, -0.25) is 4.79 Å². The average Bonchev–Trinajstić information content (AvgIpc) is 2.45. The zero-order chi connectivity index (χ0) is 12.8. The predicted molar refractivity (Wildman–Crippen MR) is 69.0 cm³/mol. The minimum Gasteiger partial charge on any atom is -0.494 e. The van der Waals surface area contributed by atoms with E-state index in [4.69, 9.17) is 9.47 Å². The van der Waals surface area contributed by atoms with Gasteiger partial charge in [0.2, 0.25) is 0 Å². The molecule has 2 rings (SSSR count). The van der Waals surface area contributed by atoms with E-state index in [2.05, 4.69) is 6.92 Å². The van der Waals surface area contributed by atoms with E-state index in [0.717, 1.165) is 12.2 Å². The molecule has 1 aliphatic heterocycles. The summed E-state index contributed by atoms with van der Waals surface area (Å²) in [7, 11) is 0. The number of nitrogens with zero attached hydrogens (tertiary/aromatic N) is 1. The number of hydrogen-bond donors (Lipinski definition) is 0. The van der Waals surface area contributed by atoms with Crippen molar-refractivity contribution in [3.05, 3.63) is 29.8 Å². The monoisotopic (exact) mass is 249 g/mol. The van der Waals surface area contributed by atoms with Gasteiger partial charge in [-0.05, 0) is 24.6 Å². The number of ether oxygens (including phenoxy) is 2. The number of morpholine rings is 1. The highest BCUT2D eigenvalue weighted by molar-refractivity contribution is 5.94. The summed E-state index contributed by atoms with van der Waals surface area (Å²) in [5, 5.41) is 0. The average molecular weight is 249 g/mol. The zero-order valence-corrected chi connectivity index (χ0v) is 10.7. The van der Waals surface area contributed by atoms with Crippen molar-refractivity contribution in [1.82, 2.24) is 4.90 Å². The third kappa shape index (κ3) is 3.23. The number of amides is 1. The van der Waals surface area contributed by atoms with Crippen LogP contribution in [0, 0.1) is 0 Å². The normalized spacial score (nSPS) is 15.5. The number of carbonyl (C=O) groups is 1. The largest absolute Gasteiger partial charge is 0.494 e. The maximum absolute atomic E-state index is 12.2. The Morgan fingerprint density at radius 1 is 1.39 bits per heavy atom. The van der Waals surface area contributed by atoms with Gasteiger partial charge >= 0.3 is 0 Å². The van der Waals surface area contributed by atoms with Gasteiger partial charge in [0.05, 0.1) is 19.8 Å². The fourth-order valence-corrected chi connectivity index (χ4v) is 1.89. The van der Waals surface area contributed by atoms with E-state index < -0.39 is 0 Å². The highest BCUT2D eigenvalue weighted by Gasteiger charge is 2.18. The highest BCUT2D eigenvalue weighted by Crippen LogP contribution is 2.15. The Morgan fingerprint density at radius 2 is 2.17 bits per heavy atom. The van der Waals surface area contributed by atoms with Gasteiger partial charge in [-0.1, -0.05) is 13.0 Å². The first-order valence-electron chi connectivity index (χ1n) is 6.41. The summed E-state index contributed by atoms with van der Waals surface area (Å²) in [5.74, 6) is 0.816. The first-order chi connectivity index (χ1) is 8.81. The second kappa shape index (κ2) is 6.40. The molecule has 1 aromatic carbocycles. The zero-order valence-electron chi connectivity index (χ0n) is 10.7. The summed E-state index contributed by atoms with van der Waals surface area (Å²) in [5.41, 5.74) is 0.686. The summed E-state index contributed by atoms with van der Waals surface area (Å²) >= 11 is 0. The number of carbonyl (C=O) groups excluding carboxylic acids is 1. The van der Waals surface area contributed by atoms with Gasteiger partial charge in [0.1, 0.15) is 5.75 Å². The second-order valence-corrected chi connectivity index (χ2v) is 4.28. The third-order valence-electron chi connectivity index (χ3n) is 2.85. The first kappa shape index (κ1) is 12.9. The summed E-state index contributed by atoms with van der Waals surface area (Å²) in [6.45, 7) is 5.31. The molecule has 0 atom stereocenters. The van der Waals surface area contributed by atoms with E-state index in [0.29, 0.717) is 38.5 Å². The highest BCUT2D eigenvalue weighted by atomic mass is 16.5. The van der Waals surface area contributed by atoms with Gasteiger partial charge in [0.25, 0.3) is 5.91 Å². The number of rotatable bonds is 4. The molecule has 0 radical (unpaired) electrons. The fraction of sp³-hybridized carbons (Fsp3) is 0.500. The van der Waals surface area contributed by atoms with Crippen molar-refractivity contribution in [3.8, 4) is 5.75 Å². The molecule has 1 amide bonds. The van der Waals surface area contributed by atoms with Gasteiger partial charge in [0, 0.05) is 18.7 Å². The predicted octanol–water partition coefficient (Wildman–Crippen LogP) is 1.95.